The Morgan fingerprint density at radius 1 is 1.40 bits per heavy atom. The van der Waals surface area contributed by atoms with Crippen LogP contribution in [0.15, 0.2) is 24.3 Å². The van der Waals surface area contributed by atoms with Gasteiger partial charge in [0.25, 0.3) is 0 Å². The fourth-order valence-corrected chi connectivity index (χ4v) is 1.99. The highest BCUT2D eigenvalue weighted by Crippen LogP contribution is 2.30. The number of rotatable bonds is 6. The summed E-state index contributed by atoms with van der Waals surface area (Å²) in [5, 5.41) is 3.15. The predicted molar refractivity (Wildman–Crippen MR) is 68.4 cm³/mol. The number of nitrogens with one attached hydrogen (secondary N) is 1. The minimum Gasteiger partial charge on any atom is -0.376 e. The van der Waals surface area contributed by atoms with Crippen molar-refractivity contribution in [1.82, 2.24) is 5.32 Å². The number of halogens is 3. The summed E-state index contributed by atoms with van der Waals surface area (Å²) >= 11 is 0. The van der Waals surface area contributed by atoms with Gasteiger partial charge in [0, 0.05) is 0 Å². The lowest BCUT2D eigenvalue weighted by atomic mass is 10.0. The molecular weight excluding hydrogens is 271 g/mol. The second-order valence-corrected chi connectivity index (χ2v) is 4.73. The Kier molecular flexibility index (Phi) is 5.01. The van der Waals surface area contributed by atoms with Gasteiger partial charge in [-0.05, 0) is 24.2 Å². The van der Waals surface area contributed by atoms with Crippen molar-refractivity contribution in [2.24, 2.45) is 0 Å². The summed E-state index contributed by atoms with van der Waals surface area (Å²) in [7, 11) is 0. The van der Waals surface area contributed by atoms with Crippen LogP contribution in [0.5, 0.6) is 0 Å². The van der Waals surface area contributed by atoms with Gasteiger partial charge in [0.05, 0.1) is 31.4 Å². The maximum atomic E-state index is 12.7. The van der Waals surface area contributed by atoms with Crippen molar-refractivity contribution < 1.29 is 22.6 Å². The SMILES string of the molecule is CCNC(COC1COC1)c1cccc(C(F)(F)F)c1. The Labute approximate surface area is 116 Å². The molecule has 0 aliphatic carbocycles. The average Bonchev–Trinajstić information content (AvgIpc) is 2.35. The standard InChI is InChI=1S/C14H18F3NO2/c1-2-18-13(9-20-12-7-19-8-12)10-4-3-5-11(6-10)14(15,16)17/h3-6,12-13,18H,2,7-9H2,1H3. The monoisotopic (exact) mass is 289 g/mol. The van der Waals surface area contributed by atoms with Gasteiger partial charge in [-0.1, -0.05) is 19.1 Å². The lowest BCUT2D eigenvalue weighted by Gasteiger charge is -2.28. The van der Waals surface area contributed by atoms with Gasteiger partial charge in [-0.15, -0.1) is 0 Å². The molecule has 1 aliphatic rings. The third kappa shape index (κ3) is 3.94. The van der Waals surface area contributed by atoms with Gasteiger partial charge in [-0.3, -0.25) is 0 Å². The lowest BCUT2D eigenvalue weighted by Crippen LogP contribution is -2.38. The molecule has 1 heterocycles. The molecule has 0 saturated carbocycles. The average molecular weight is 289 g/mol. The third-order valence-corrected chi connectivity index (χ3v) is 3.17. The molecule has 2 rings (SSSR count). The summed E-state index contributed by atoms with van der Waals surface area (Å²) in [6, 6.07) is 5.11. The minimum atomic E-state index is -4.32. The number of hydrogen-bond acceptors (Lipinski definition) is 3. The molecule has 0 bridgehead atoms. The molecule has 1 aliphatic heterocycles. The molecule has 1 fully saturated rings. The van der Waals surface area contributed by atoms with E-state index < -0.39 is 11.7 Å². The van der Waals surface area contributed by atoms with E-state index in [0.717, 1.165) is 6.07 Å². The highest BCUT2D eigenvalue weighted by atomic mass is 19.4. The van der Waals surface area contributed by atoms with Crippen LogP contribution >= 0.6 is 0 Å². The van der Waals surface area contributed by atoms with Crippen LogP contribution in [0.1, 0.15) is 24.1 Å². The van der Waals surface area contributed by atoms with Crippen molar-refractivity contribution in [3.05, 3.63) is 35.4 Å². The van der Waals surface area contributed by atoms with Gasteiger partial charge >= 0.3 is 6.18 Å². The topological polar surface area (TPSA) is 30.5 Å². The van der Waals surface area contributed by atoms with Crippen LogP contribution in [-0.4, -0.2) is 32.5 Å². The largest absolute Gasteiger partial charge is 0.416 e. The number of ether oxygens (including phenoxy) is 2. The minimum absolute atomic E-state index is 0.0574. The Bertz CT molecular complexity index is 433. The van der Waals surface area contributed by atoms with Crippen LogP contribution in [0, 0.1) is 0 Å². The maximum absolute atomic E-state index is 12.7. The van der Waals surface area contributed by atoms with Crippen LogP contribution in [0.3, 0.4) is 0 Å². The van der Waals surface area contributed by atoms with Crippen LogP contribution in [0.2, 0.25) is 0 Å². The van der Waals surface area contributed by atoms with Crippen molar-refractivity contribution in [2.45, 2.75) is 25.2 Å². The summed E-state index contributed by atoms with van der Waals surface area (Å²) in [6.07, 6.45) is -4.27. The second-order valence-electron chi connectivity index (χ2n) is 4.73. The zero-order valence-corrected chi connectivity index (χ0v) is 11.2. The van der Waals surface area contributed by atoms with E-state index in [1.807, 2.05) is 6.92 Å². The zero-order chi connectivity index (χ0) is 14.6. The third-order valence-electron chi connectivity index (χ3n) is 3.17. The van der Waals surface area contributed by atoms with Gasteiger partial charge in [0.1, 0.15) is 6.10 Å². The molecule has 0 amide bonds. The number of likely N-dealkylation sites (N-methyl/N-ethyl adjacent to an activating group) is 1. The molecule has 1 atom stereocenters. The predicted octanol–water partition coefficient (Wildman–Crippen LogP) is 2.77. The van der Waals surface area contributed by atoms with Crippen molar-refractivity contribution >= 4 is 0 Å². The van der Waals surface area contributed by atoms with Crippen LogP contribution < -0.4 is 5.32 Å². The first-order chi connectivity index (χ1) is 9.50. The summed E-state index contributed by atoms with van der Waals surface area (Å²) < 4.78 is 48.8. The van der Waals surface area contributed by atoms with E-state index in [9.17, 15) is 13.2 Å². The summed E-state index contributed by atoms with van der Waals surface area (Å²) in [5.41, 5.74) is -0.0493. The van der Waals surface area contributed by atoms with Crippen LogP contribution in [-0.2, 0) is 15.7 Å². The fraction of sp³-hybridized carbons (Fsp3) is 0.571. The first kappa shape index (κ1) is 15.3. The van der Waals surface area contributed by atoms with Gasteiger partial charge in [0.2, 0.25) is 0 Å². The van der Waals surface area contributed by atoms with Crippen molar-refractivity contribution in [1.29, 1.82) is 0 Å². The molecule has 1 aromatic carbocycles. The van der Waals surface area contributed by atoms with E-state index in [1.165, 1.54) is 12.1 Å². The number of hydrogen-bond donors (Lipinski definition) is 1. The van der Waals surface area contributed by atoms with Gasteiger partial charge in [-0.2, -0.15) is 13.2 Å². The lowest BCUT2D eigenvalue weighted by molar-refractivity contribution is -0.138. The Hall–Kier alpha value is -1.11. The van der Waals surface area contributed by atoms with Crippen molar-refractivity contribution in [3.8, 4) is 0 Å². The summed E-state index contributed by atoms with van der Waals surface area (Å²) in [5.74, 6) is 0. The van der Waals surface area contributed by atoms with Crippen LogP contribution in [0.4, 0.5) is 13.2 Å². The van der Waals surface area contributed by atoms with Gasteiger partial charge in [0.15, 0.2) is 0 Å². The summed E-state index contributed by atoms with van der Waals surface area (Å²) in [6.45, 7) is 4.02. The Morgan fingerprint density at radius 2 is 2.15 bits per heavy atom. The van der Waals surface area contributed by atoms with Crippen molar-refractivity contribution in [3.63, 3.8) is 0 Å². The second kappa shape index (κ2) is 6.56. The molecule has 112 valence electrons. The molecule has 20 heavy (non-hydrogen) atoms. The van der Waals surface area contributed by atoms with E-state index in [-0.39, 0.29) is 12.1 Å². The van der Waals surface area contributed by atoms with Gasteiger partial charge < -0.3 is 14.8 Å². The molecule has 1 saturated heterocycles. The van der Waals surface area contributed by atoms with Crippen molar-refractivity contribution in [2.75, 3.05) is 26.4 Å². The first-order valence-electron chi connectivity index (χ1n) is 6.60. The zero-order valence-electron chi connectivity index (χ0n) is 11.2. The molecule has 3 nitrogen and oxygen atoms in total. The van der Waals surface area contributed by atoms with Gasteiger partial charge in [-0.25, -0.2) is 0 Å². The quantitative estimate of drug-likeness (QED) is 0.873. The molecule has 1 unspecified atom stereocenters. The molecular formula is C14H18F3NO2. The highest BCUT2D eigenvalue weighted by molar-refractivity contribution is 5.28. The van der Waals surface area contributed by atoms with E-state index >= 15 is 0 Å². The Balaban J connectivity index is 2.06. The van der Waals surface area contributed by atoms with E-state index in [2.05, 4.69) is 5.32 Å². The molecule has 1 aromatic rings. The fourth-order valence-electron chi connectivity index (χ4n) is 1.99. The normalized spacial score (nSPS) is 17.8. The summed E-state index contributed by atoms with van der Waals surface area (Å²) in [4.78, 5) is 0. The molecule has 0 aromatic heterocycles. The van der Waals surface area contributed by atoms with E-state index in [4.69, 9.17) is 9.47 Å². The highest BCUT2D eigenvalue weighted by Gasteiger charge is 2.31. The smallest absolute Gasteiger partial charge is 0.376 e. The Morgan fingerprint density at radius 3 is 2.70 bits per heavy atom. The molecule has 1 N–H and O–H groups in total. The number of benzene rings is 1. The van der Waals surface area contributed by atoms with E-state index in [0.29, 0.717) is 31.9 Å². The first-order valence-corrected chi connectivity index (χ1v) is 6.60. The molecule has 0 radical (unpaired) electrons. The molecule has 6 heteroatoms. The van der Waals surface area contributed by atoms with E-state index in [1.54, 1.807) is 6.07 Å². The molecule has 0 spiro atoms. The number of alkyl halides is 3. The van der Waals surface area contributed by atoms with Crippen LogP contribution in [0.25, 0.3) is 0 Å². The maximum Gasteiger partial charge on any atom is 0.416 e.